The van der Waals surface area contributed by atoms with Gasteiger partial charge in [0.1, 0.15) is 24.0 Å². The van der Waals surface area contributed by atoms with Crippen molar-refractivity contribution >= 4 is 33.2 Å². The highest BCUT2D eigenvalue weighted by Crippen LogP contribution is 2.33. The van der Waals surface area contributed by atoms with Crippen molar-refractivity contribution in [2.75, 3.05) is 30.8 Å². The van der Waals surface area contributed by atoms with Gasteiger partial charge in [0.25, 0.3) is 5.69 Å². The molecule has 202 valence electrons. The molecule has 0 heterocycles. The standard InChI is InChI=1S/C25H34N4O7S/c1-18(24(31)26-25(2,3)4)27(15-14-19-10-8-7-9-11-19)23(30)17-28(37(6,34)35)21-16-20(29(32)33)12-13-22(21)36-5/h7-13,16,18H,14-15,17H2,1-6H3,(H,26,31)/t18-/m0/s1. The van der Waals surface area contributed by atoms with Crippen molar-refractivity contribution in [1.29, 1.82) is 0 Å². The Morgan fingerprint density at radius 3 is 2.27 bits per heavy atom. The minimum Gasteiger partial charge on any atom is -0.495 e. The Hall–Kier alpha value is -3.67. The summed E-state index contributed by atoms with van der Waals surface area (Å²) in [5.41, 5.74) is -0.128. The van der Waals surface area contributed by atoms with E-state index in [0.29, 0.717) is 6.42 Å². The molecule has 0 aromatic heterocycles. The Morgan fingerprint density at radius 1 is 1.14 bits per heavy atom. The number of carbonyl (C=O) groups excluding carboxylic acids is 2. The van der Waals surface area contributed by atoms with Crippen molar-refractivity contribution in [2.45, 2.75) is 45.7 Å². The molecule has 2 aromatic rings. The lowest BCUT2D eigenvalue weighted by Gasteiger charge is -2.33. The third-order valence-corrected chi connectivity index (χ3v) is 6.60. The highest BCUT2D eigenvalue weighted by atomic mass is 32.2. The van der Waals surface area contributed by atoms with Crippen molar-refractivity contribution in [2.24, 2.45) is 0 Å². The fourth-order valence-electron chi connectivity index (χ4n) is 3.63. The fourth-order valence-corrected chi connectivity index (χ4v) is 4.47. The number of amides is 2. The SMILES string of the molecule is COc1ccc([N+](=O)[O-])cc1N(CC(=O)N(CCc1ccccc1)[C@@H](C)C(=O)NC(C)(C)C)S(C)(=O)=O. The van der Waals surface area contributed by atoms with Gasteiger partial charge >= 0.3 is 0 Å². The maximum Gasteiger partial charge on any atom is 0.271 e. The topological polar surface area (TPSA) is 139 Å². The van der Waals surface area contributed by atoms with E-state index in [2.05, 4.69) is 5.32 Å². The molecule has 0 fully saturated rings. The first-order valence-electron chi connectivity index (χ1n) is 11.6. The zero-order chi connectivity index (χ0) is 28.0. The Labute approximate surface area is 217 Å². The van der Waals surface area contributed by atoms with Crippen molar-refractivity contribution in [3.63, 3.8) is 0 Å². The lowest BCUT2D eigenvalue weighted by atomic mass is 10.1. The number of nitro groups is 1. The Kier molecular flexibility index (Phi) is 9.62. The highest BCUT2D eigenvalue weighted by molar-refractivity contribution is 7.92. The summed E-state index contributed by atoms with van der Waals surface area (Å²) in [6, 6.07) is 11.9. The van der Waals surface area contributed by atoms with Gasteiger partial charge in [0.05, 0.1) is 18.3 Å². The number of ether oxygens (including phenoxy) is 1. The van der Waals surface area contributed by atoms with Crippen LogP contribution < -0.4 is 14.4 Å². The number of non-ortho nitro benzene ring substituents is 1. The monoisotopic (exact) mass is 534 g/mol. The van der Waals surface area contributed by atoms with E-state index >= 15 is 0 Å². The molecule has 0 aliphatic rings. The average molecular weight is 535 g/mol. The number of methoxy groups -OCH3 is 1. The number of nitrogens with zero attached hydrogens (tertiary/aromatic N) is 3. The first-order valence-corrected chi connectivity index (χ1v) is 13.4. The lowest BCUT2D eigenvalue weighted by Crippen LogP contribution is -2.55. The van der Waals surface area contributed by atoms with Crippen LogP contribution in [-0.4, -0.2) is 68.1 Å². The molecule has 0 spiro atoms. The normalized spacial score (nSPS) is 12.4. The number of hydrogen-bond acceptors (Lipinski definition) is 7. The van der Waals surface area contributed by atoms with Crippen LogP contribution >= 0.6 is 0 Å². The summed E-state index contributed by atoms with van der Waals surface area (Å²) in [5.74, 6) is -1.00. The van der Waals surface area contributed by atoms with E-state index in [1.165, 1.54) is 24.1 Å². The van der Waals surface area contributed by atoms with Crippen molar-refractivity contribution in [3.05, 3.63) is 64.2 Å². The summed E-state index contributed by atoms with van der Waals surface area (Å²) in [7, 11) is -2.79. The predicted molar refractivity (Wildman–Crippen MR) is 141 cm³/mol. The number of nitrogens with one attached hydrogen (secondary N) is 1. The largest absolute Gasteiger partial charge is 0.495 e. The smallest absolute Gasteiger partial charge is 0.271 e. The molecule has 0 bridgehead atoms. The maximum absolute atomic E-state index is 13.6. The zero-order valence-corrected chi connectivity index (χ0v) is 22.7. The Bertz CT molecular complexity index is 1230. The minimum absolute atomic E-state index is 0.0400. The van der Waals surface area contributed by atoms with Gasteiger partial charge in [-0.15, -0.1) is 0 Å². The second kappa shape index (κ2) is 12.0. The molecule has 0 unspecified atom stereocenters. The number of sulfonamides is 1. The summed E-state index contributed by atoms with van der Waals surface area (Å²) in [6.07, 6.45) is 1.32. The Morgan fingerprint density at radius 2 is 1.76 bits per heavy atom. The van der Waals surface area contributed by atoms with Crippen molar-refractivity contribution < 1.29 is 27.7 Å². The van der Waals surface area contributed by atoms with Gasteiger partial charge in [-0.05, 0) is 45.7 Å². The molecule has 0 saturated carbocycles. The molecule has 0 saturated heterocycles. The van der Waals surface area contributed by atoms with E-state index in [4.69, 9.17) is 4.74 Å². The van der Waals surface area contributed by atoms with E-state index in [0.717, 1.165) is 22.2 Å². The van der Waals surface area contributed by atoms with Crippen LogP contribution in [0.4, 0.5) is 11.4 Å². The maximum atomic E-state index is 13.6. The van der Waals surface area contributed by atoms with Crippen LogP contribution in [0.3, 0.4) is 0 Å². The van der Waals surface area contributed by atoms with E-state index in [-0.39, 0.29) is 23.7 Å². The van der Waals surface area contributed by atoms with E-state index < -0.39 is 44.9 Å². The molecule has 11 nitrogen and oxygen atoms in total. The van der Waals surface area contributed by atoms with Gasteiger partial charge in [-0.2, -0.15) is 0 Å². The van der Waals surface area contributed by atoms with Crippen LogP contribution in [0, 0.1) is 10.1 Å². The van der Waals surface area contributed by atoms with Crippen LogP contribution in [0.25, 0.3) is 0 Å². The lowest BCUT2D eigenvalue weighted by molar-refractivity contribution is -0.384. The summed E-state index contributed by atoms with van der Waals surface area (Å²) in [5, 5.41) is 14.2. The molecular weight excluding hydrogens is 500 g/mol. The molecule has 2 rings (SSSR count). The first kappa shape index (κ1) is 29.6. The molecular formula is C25H34N4O7S. The molecule has 0 aliphatic heterocycles. The van der Waals surface area contributed by atoms with Crippen LogP contribution in [-0.2, 0) is 26.0 Å². The van der Waals surface area contributed by atoms with E-state index in [9.17, 15) is 28.1 Å². The highest BCUT2D eigenvalue weighted by Gasteiger charge is 2.32. The number of anilines is 1. The minimum atomic E-state index is -4.08. The second-order valence-electron chi connectivity index (χ2n) is 9.62. The molecule has 2 aromatic carbocycles. The van der Waals surface area contributed by atoms with Gasteiger partial charge in [0.15, 0.2) is 0 Å². The summed E-state index contributed by atoms with van der Waals surface area (Å²) < 4.78 is 31.5. The average Bonchev–Trinajstić information content (AvgIpc) is 2.80. The fraction of sp³-hybridized carbons (Fsp3) is 0.440. The van der Waals surface area contributed by atoms with Crippen molar-refractivity contribution in [1.82, 2.24) is 10.2 Å². The summed E-state index contributed by atoms with van der Waals surface area (Å²) in [4.78, 5) is 38.5. The zero-order valence-electron chi connectivity index (χ0n) is 21.9. The van der Waals surface area contributed by atoms with Crippen LogP contribution in [0.5, 0.6) is 5.75 Å². The molecule has 0 aliphatic carbocycles. The first-order chi connectivity index (χ1) is 17.1. The number of hydrogen-bond donors (Lipinski definition) is 1. The van der Waals surface area contributed by atoms with Gasteiger partial charge in [0.2, 0.25) is 21.8 Å². The van der Waals surface area contributed by atoms with Crippen LogP contribution in [0.2, 0.25) is 0 Å². The third kappa shape index (κ3) is 8.45. The van der Waals surface area contributed by atoms with E-state index in [1.54, 1.807) is 6.92 Å². The summed E-state index contributed by atoms with van der Waals surface area (Å²) in [6.45, 7) is 6.47. The molecule has 2 amide bonds. The van der Waals surface area contributed by atoms with Crippen molar-refractivity contribution in [3.8, 4) is 5.75 Å². The molecule has 0 radical (unpaired) electrons. The van der Waals surface area contributed by atoms with E-state index in [1.807, 2.05) is 51.1 Å². The number of carbonyl (C=O) groups is 2. The predicted octanol–water partition coefficient (Wildman–Crippen LogP) is 2.74. The number of rotatable bonds is 11. The second-order valence-corrected chi connectivity index (χ2v) is 11.5. The molecule has 12 heteroatoms. The van der Waals surface area contributed by atoms with Crippen LogP contribution in [0.1, 0.15) is 33.3 Å². The molecule has 1 atom stereocenters. The number of benzene rings is 2. The molecule has 1 N–H and O–H groups in total. The quantitative estimate of drug-likeness (QED) is 0.345. The summed E-state index contributed by atoms with van der Waals surface area (Å²) >= 11 is 0. The molecule has 37 heavy (non-hydrogen) atoms. The Balaban J connectivity index is 2.46. The van der Waals surface area contributed by atoms with Crippen LogP contribution in [0.15, 0.2) is 48.5 Å². The third-order valence-electron chi connectivity index (χ3n) is 5.47. The number of nitro benzene ring substituents is 1. The van der Waals surface area contributed by atoms with Gasteiger partial charge < -0.3 is 15.0 Å². The van der Waals surface area contributed by atoms with Gasteiger partial charge in [0, 0.05) is 24.2 Å². The van der Waals surface area contributed by atoms with Gasteiger partial charge in [-0.3, -0.25) is 24.0 Å². The van der Waals surface area contributed by atoms with Gasteiger partial charge in [-0.1, -0.05) is 30.3 Å². The van der Waals surface area contributed by atoms with Gasteiger partial charge in [-0.25, -0.2) is 8.42 Å².